The largest absolute Gasteiger partial charge is 0.444 e. The number of alkyl carbamates (subject to hydrolysis) is 1. The molecule has 0 saturated carbocycles. The third-order valence-corrected chi connectivity index (χ3v) is 5.58. The minimum atomic E-state index is -3.59. The van der Waals surface area contributed by atoms with Gasteiger partial charge in [0.25, 0.3) is 5.56 Å². The summed E-state index contributed by atoms with van der Waals surface area (Å²) in [6, 6.07) is 1.51. The van der Waals surface area contributed by atoms with Gasteiger partial charge in [0, 0.05) is 44.0 Å². The molecule has 11 heteroatoms. The smallest absolute Gasteiger partial charge is 0.407 e. The van der Waals surface area contributed by atoms with Crippen LogP contribution in [0.25, 0.3) is 11.0 Å². The highest BCUT2D eigenvalue weighted by Gasteiger charge is 2.26. The number of aryl methyl sites for hydroxylation is 1. The third-order valence-electron chi connectivity index (χ3n) is 4.72. The first-order chi connectivity index (χ1) is 13.8. The Balaban J connectivity index is 1.88. The number of fused-ring (bicyclic) bond motifs is 1. The van der Waals surface area contributed by atoms with Crippen LogP contribution in [-0.2, 0) is 21.6 Å². The lowest BCUT2D eigenvalue weighted by Crippen LogP contribution is -2.50. The molecule has 30 heavy (non-hydrogen) atoms. The van der Waals surface area contributed by atoms with Gasteiger partial charge in [-0.05, 0) is 39.7 Å². The van der Waals surface area contributed by atoms with Gasteiger partial charge < -0.3 is 15.0 Å². The molecule has 3 rings (SSSR count). The molecule has 1 N–H and O–H groups in total. The van der Waals surface area contributed by atoms with Crippen molar-refractivity contribution in [2.75, 3.05) is 24.2 Å². The molecular weight excluding hydrogens is 410 g/mol. The first-order valence-corrected chi connectivity index (χ1v) is 11.6. The molecule has 10 nitrogen and oxygen atoms in total. The van der Waals surface area contributed by atoms with Crippen molar-refractivity contribution >= 4 is 32.7 Å². The lowest BCUT2D eigenvalue weighted by atomic mass is 10.1. The van der Waals surface area contributed by atoms with E-state index in [0.717, 1.165) is 19.1 Å². The van der Waals surface area contributed by atoms with Gasteiger partial charge in [-0.1, -0.05) is 0 Å². The number of sulfone groups is 1. The quantitative estimate of drug-likeness (QED) is 0.711. The molecule has 1 atom stereocenters. The number of nitrogens with one attached hydrogen (secondary N) is 1. The van der Waals surface area contributed by atoms with Crippen molar-refractivity contribution in [2.24, 2.45) is 7.05 Å². The number of carbonyl (C=O) groups excluding carboxylic acids is 1. The highest BCUT2D eigenvalue weighted by Crippen LogP contribution is 2.21. The Morgan fingerprint density at radius 1 is 1.33 bits per heavy atom. The third kappa shape index (κ3) is 4.89. The van der Waals surface area contributed by atoms with E-state index in [0.29, 0.717) is 24.2 Å². The van der Waals surface area contributed by atoms with Crippen molar-refractivity contribution in [1.29, 1.82) is 0 Å². The fraction of sp³-hybridized carbons (Fsp3) is 0.579. The Labute approximate surface area is 175 Å². The first-order valence-electron chi connectivity index (χ1n) is 9.66. The molecule has 0 radical (unpaired) electrons. The zero-order valence-corrected chi connectivity index (χ0v) is 18.6. The van der Waals surface area contributed by atoms with E-state index >= 15 is 0 Å². The summed E-state index contributed by atoms with van der Waals surface area (Å²) in [5.41, 5.74) is -0.174. The van der Waals surface area contributed by atoms with Crippen LogP contribution in [0.15, 0.2) is 22.2 Å². The molecular formula is C19H27N5O5S. The first kappa shape index (κ1) is 22.0. The average Bonchev–Trinajstić information content (AvgIpc) is 2.62. The van der Waals surface area contributed by atoms with E-state index in [-0.39, 0.29) is 22.4 Å². The zero-order valence-electron chi connectivity index (χ0n) is 17.8. The SMILES string of the molecule is Cn1c(=O)c(N2CCCC(NC(=O)OC(C)(C)C)C2)cc2cnc(S(C)(=O)=O)nc21. The zero-order chi connectivity index (χ0) is 22.3. The summed E-state index contributed by atoms with van der Waals surface area (Å²) in [6.07, 6.45) is 3.52. The van der Waals surface area contributed by atoms with Gasteiger partial charge in [0.2, 0.25) is 15.0 Å². The number of anilines is 1. The number of piperidine rings is 1. The van der Waals surface area contributed by atoms with Gasteiger partial charge in [-0.25, -0.2) is 18.2 Å². The van der Waals surface area contributed by atoms with Crippen molar-refractivity contribution < 1.29 is 17.9 Å². The van der Waals surface area contributed by atoms with E-state index in [9.17, 15) is 18.0 Å². The normalized spacial score (nSPS) is 17.8. The maximum Gasteiger partial charge on any atom is 0.407 e. The van der Waals surface area contributed by atoms with E-state index in [1.54, 1.807) is 33.9 Å². The van der Waals surface area contributed by atoms with Crippen molar-refractivity contribution in [1.82, 2.24) is 19.9 Å². The van der Waals surface area contributed by atoms with Crippen LogP contribution in [-0.4, -0.2) is 60.0 Å². The molecule has 1 aliphatic heterocycles. The number of nitrogens with zero attached hydrogens (tertiary/aromatic N) is 4. The molecule has 1 saturated heterocycles. The lowest BCUT2D eigenvalue weighted by Gasteiger charge is -2.34. The number of ether oxygens (including phenoxy) is 1. The Morgan fingerprint density at radius 2 is 2.03 bits per heavy atom. The summed E-state index contributed by atoms with van der Waals surface area (Å²) in [5, 5.41) is 3.10. The van der Waals surface area contributed by atoms with Crippen LogP contribution >= 0.6 is 0 Å². The molecule has 1 amide bonds. The van der Waals surface area contributed by atoms with Crippen molar-refractivity contribution in [3.05, 3.63) is 22.6 Å². The van der Waals surface area contributed by atoms with E-state index in [1.807, 2.05) is 4.90 Å². The summed E-state index contributed by atoms with van der Waals surface area (Å²) in [5.74, 6) is 0. The van der Waals surface area contributed by atoms with E-state index in [1.165, 1.54) is 10.8 Å². The number of rotatable bonds is 3. The second-order valence-corrected chi connectivity index (χ2v) is 10.4. The van der Waals surface area contributed by atoms with Crippen LogP contribution in [0, 0.1) is 0 Å². The average molecular weight is 438 g/mol. The summed E-state index contributed by atoms with van der Waals surface area (Å²) in [6.45, 7) is 6.53. The van der Waals surface area contributed by atoms with Gasteiger partial charge in [0.15, 0.2) is 0 Å². The van der Waals surface area contributed by atoms with Gasteiger partial charge >= 0.3 is 6.09 Å². The fourth-order valence-corrected chi connectivity index (χ4v) is 3.90. The number of hydrogen-bond donors (Lipinski definition) is 1. The molecule has 0 aromatic carbocycles. The van der Waals surface area contributed by atoms with Gasteiger partial charge in [0.1, 0.15) is 16.9 Å². The van der Waals surface area contributed by atoms with Gasteiger partial charge in [0.05, 0.1) is 0 Å². The van der Waals surface area contributed by atoms with E-state index in [2.05, 4.69) is 15.3 Å². The van der Waals surface area contributed by atoms with Crippen molar-refractivity contribution in [2.45, 2.75) is 50.4 Å². The van der Waals surface area contributed by atoms with Crippen LogP contribution in [0.3, 0.4) is 0 Å². The summed E-state index contributed by atoms with van der Waals surface area (Å²) in [4.78, 5) is 34.9. The minimum absolute atomic E-state index is 0.155. The standard InChI is InChI=1S/C19H27N5O5S/c1-19(2,3)29-18(26)21-13-7-6-8-24(11-13)14-9-12-10-20-17(30(5,27)28)22-15(12)23(4)16(14)25/h9-10,13H,6-8,11H2,1-5H3,(H,21,26). The summed E-state index contributed by atoms with van der Waals surface area (Å²) >= 11 is 0. The van der Waals surface area contributed by atoms with Crippen molar-refractivity contribution in [3.8, 4) is 0 Å². The predicted octanol–water partition coefficient (Wildman–Crippen LogP) is 1.23. The predicted molar refractivity (Wildman–Crippen MR) is 112 cm³/mol. The molecule has 0 spiro atoms. The van der Waals surface area contributed by atoms with Gasteiger partial charge in [-0.2, -0.15) is 4.98 Å². The molecule has 1 aliphatic rings. The molecule has 3 heterocycles. The van der Waals surface area contributed by atoms with Crippen molar-refractivity contribution in [3.63, 3.8) is 0 Å². The van der Waals surface area contributed by atoms with Crippen LogP contribution in [0.4, 0.5) is 10.5 Å². The number of hydrogen-bond acceptors (Lipinski definition) is 8. The number of carbonyl (C=O) groups is 1. The van der Waals surface area contributed by atoms with Crippen LogP contribution < -0.4 is 15.8 Å². The molecule has 0 aliphatic carbocycles. The highest BCUT2D eigenvalue weighted by atomic mass is 32.2. The van der Waals surface area contributed by atoms with Crippen LogP contribution in [0.2, 0.25) is 0 Å². The Hall–Kier alpha value is -2.69. The maximum atomic E-state index is 13.0. The Kier molecular flexibility index (Phi) is 5.76. The molecule has 1 fully saturated rings. The molecule has 1 unspecified atom stereocenters. The molecule has 2 aromatic rings. The Morgan fingerprint density at radius 3 is 2.67 bits per heavy atom. The second kappa shape index (κ2) is 7.86. The second-order valence-electron chi connectivity index (χ2n) is 8.53. The van der Waals surface area contributed by atoms with E-state index < -0.39 is 21.5 Å². The molecule has 164 valence electrons. The summed E-state index contributed by atoms with van der Waals surface area (Å²) in [7, 11) is -2.04. The van der Waals surface area contributed by atoms with Gasteiger partial charge in [-0.3, -0.25) is 9.36 Å². The number of pyridine rings is 1. The maximum absolute atomic E-state index is 13.0. The number of aromatic nitrogens is 3. The molecule has 0 bridgehead atoms. The summed E-state index contributed by atoms with van der Waals surface area (Å²) < 4.78 is 30.1. The van der Waals surface area contributed by atoms with Crippen LogP contribution in [0.5, 0.6) is 0 Å². The lowest BCUT2D eigenvalue weighted by molar-refractivity contribution is 0.0500. The monoisotopic (exact) mass is 437 g/mol. The Bertz CT molecular complexity index is 1140. The number of amides is 1. The minimum Gasteiger partial charge on any atom is -0.444 e. The molecule has 2 aromatic heterocycles. The topological polar surface area (TPSA) is 123 Å². The van der Waals surface area contributed by atoms with Gasteiger partial charge in [-0.15, -0.1) is 0 Å². The fourth-order valence-electron chi connectivity index (χ4n) is 3.41. The van der Waals surface area contributed by atoms with Crippen LogP contribution in [0.1, 0.15) is 33.6 Å². The highest BCUT2D eigenvalue weighted by molar-refractivity contribution is 7.90. The van der Waals surface area contributed by atoms with E-state index in [4.69, 9.17) is 4.74 Å².